The average molecular weight is 317 g/mol. The Kier molecular flexibility index (Phi) is 4.01. The van der Waals surface area contributed by atoms with Gasteiger partial charge in [-0.1, -0.05) is 6.42 Å². The van der Waals surface area contributed by atoms with E-state index in [1.165, 1.54) is 60.8 Å². The van der Waals surface area contributed by atoms with Gasteiger partial charge in [0.2, 0.25) is 0 Å². The SMILES string of the molecule is OCCC1CCCC1Nc1ncnc2sc3c(c12)CCCC3. The number of aryl methyl sites for hydroxylation is 2. The van der Waals surface area contributed by atoms with E-state index in [1.54, 1.807) is 6.33 Å². The Morgan fingerprint density at radius 1 is 1.18 bits per heavy atom. The predicted molar refractivity (Wildman–Crippen MR) is 90.5 cm³/mol. The molecule has 2 heterocycles. The molecule has 1 saturated carbocycles. The van der Waals surface area contributed by atoms with Crippen molar-refractivity contribution in [2.24, 2.45) is 5.92 Å². The van der Waals surface area contributed by atoms with Gasteiger partial charge in [0.15, 0.2) is 0 Å². The quantitative estimate of drug-likeness (QED) is 0.905. The molecule has 4 rings (SSSR count). The normalized spacial score (nSPS) is 24.6. The van der Waals surface area contributed by atoms with Crippen molar-refractivity contribution in [3.8, 4) is 0 Å². The van der Waals surface area contributed by atoms with Gasteiger partial charge in [-0.25, -0.2) is 9.97 Å². The zero-order chi connectivity index (χ0) is 14.9. The minimum Gasteiger partial charge on any atom is -0.396 e. The van der Waals surface area contributed by atoms with Crippen LogP contribution in [0.5, 0.6) is 0 Å². The van der Waals surface area contributed by atoms with Crippen molar-refractivity contribution in [3.05, 3.63) is 16.8 Å². The van der Waals surface area contributed by atoms with Crippen molar-refractivity contribution in [2.45, 2.75) is 57.4 Å². The topological polar surface area (TPSA) is 58.0 Å². The maximum atomic E-state index is 9.26. The number of aliphatic hydroxyl groups is 1. The maximum Gasteiger partial charge on any atom is 0.138 e. The Balaban J connectivity index is 1.68. The van der Waals surface area contributed by atoms with Crippen LogP contribution in [0, 0.1) is 5.92 Å². The summed E-state index contributed by atoms with van der Waals surface area (Å²) in [4.78, 5) is 11.7. The summed E-state index contributed by atoms with van der Waals surface area (Å²) in [6.07, 6.45) is 11.2. The average Bonchev–Trinajstić information content (AvgIpc) is 3.12. The second kappa shape index (κ2) is 6.13. The summed E-state index contributed by atoms with van der Waals surface area (Å²) in [6, 6.07) is 0.449. The molecule has 0 bridgehead atoms. The van der Waals surface area contributed by atoms with Gasteiger partial charge in [-0.2, -0.15) is 0 Å². The zero-order valence-electron chi connectivity index (χ0n) is 12.8. The van der Waals surface area contributed by atoms with Crippen LogP contribution in [0.15, 0.2) is 6.33 Å². The fourth-order valence-electron chi connectivity index (χ4n) is 4.11. The van der Waals surface area contributed by atoms with Crippen LogP contribution < -0.4 is 5.32 Å². The van der Waals surface area contributed by atoms with Crippen LogP contribution in [-0.2, 0) is 12.8 Å². The molecule has 0 radical (unpaired) electrons. The van der Waals surface area contributed by atoms with Gasteiger partial charge in [0, 0.05) is 17.5 Å². The third-order valence-corrected chi connectivity index (χ3v) is 6.43. The van der Waals surface area contributed by atoms with Crippen molar-refractivity contribution < 1.29 is 5.11 Å². The molecule has 22 heavy (non-hydrogen) atoms. The Labute approximate surface area is 135 Å². The van der Waals surface area contributed by atoms with Crippen LogP contribution in [0.25, 0.3) is 10.2 Å². The maximum absolute atomic E-state index is 9.26. The molecule has 0 aromatic carbocycles. The highest BCUT2D eigenvalue weighted by molar-refractivity contribution is 7.19. The summed E-state index contributed by atoms with van der Waals surface area (Å²) in [7, 11) is 0. The molecule has 0 saturated heterocycles. The molecule has 2 N–H and O–H groups in total. The van der Waals surface area contributed by atoms with Crippen LogP contribution in [0.2, 0.25) is 0 Å². The third kappa shape index (κ3) is 2.50. The first kappa shape index (κ1) is 14.4. The summed E-state index contributed by atoms with van der Waals surface area (Å²) in [5.41, 5.74) is 1.49. The lowest BCUT2D eigenvalue weighted by molar-refractivity contribution is 0.254. The molecule has 5 heteroatoms. The molecule has 1 fully saturated rings. The second-order valence-corrected chi connectivity index (χ2v) is 7.65. The molecule has 0 amide bonds. The molecule has 2 unspecified atom stereocenters. The number of hydrogen-bond acceptors (Lipinski definition) is 5. The Hall–Kier alpha value is -1.20. The van der Waals surface area contributed by atoms with E-state index < -0.39 is 0 Å². The molecule has 118 valence electrons. The van der Waals surface area contributed by atoms with Gasteiger partial charge in [0.05, 0.1) is 5.39 Å². The molecular formula is C17H23N3OS. The van der Waals surface area contributed by atoms with Crippen molar-refractivity contribution in [3.63, 3.8) is 0 Å². The Morgan fingerprint density at radius 2 is 2.09 bits per heavy atom. The van der Waals surface area contributed by atoms with E-state index in [9.17, 15) is 5.11 Å². The fraction of sp³-hybridized carbons (Fsp3) is 0.647. The van der Waals surface area contributed by atoms with E-state index in [-0.39, 0.29) is 6.61 Å². The van der Waals surface area contributed by atoms with E-state index in [0.717, 1.165) is 17.1 Å². The molecule has 2 aromatic rings. The number of nitrogens with zero attached hydrogens (tertiary/aromatic N) is 2. The lowest BCUT2D eigenvalue weighted by Gasteiger charge is -2.21. The third-order valence-electron chi connectivity index (χ3n) is 5.23. The van der Waals surface area contributed by atoms with Crippen LogP contribution >= 0.6 is 11.3 Å². The summed E-state index contributed by atoms with van der Waals surface area (Å²) >= 11 is 1.85. The number of anilines is 1. The minimum absolute atomic E-state index is 0.288. The largest absolute Gasteiger partial charge is 0.396 e. The summed E-state index contributed by atoms with van der Waals surface area (Å²) in [5.74, 6) is 1.60. The molecule has 2 atom stereocenters. The number of hydrogen-bond donors (Lipinski definition) is 2. The first-order valence-corrected chi connectivity index (χ1v) is 9.31. The lowest BCUT2D eigenvalue weighted by atomic mass is 9.96. The van der Waals surface area contributed by atoms with Gasteiger partial charge in [0.25, 0.3) is 0 Å². The highest BCUT2D eigenvalue weighted by atomic mass is 32.1. The van der Waals surface area contributed by atoms with E-state index in [2.05, 4.69) is 15.3 Å². The highest BCUT2D eigenvalue weighted by Crippen LogP contribution is 2.39. The molecule has 2 aliphatic rings. The van der Waals surface area contributed by atoms with E-state index in [1.807, 2.05) is 11.3 Å². The number of aliphatic hydroxyl groups excluding tert-OH is 1. The first-order chi connectivity index (χ1) is 10.9. The van der Waals surface area contributed by atoms with Gasteiger partial charge < -0.3 is 10.4 Å². The van der Waals surface area contributed by atoms with E-state index in [0.29, 0.717) is 12.0 Å². The van der Waals surface area contributed by atoms with Crippen molar-refractivity contribution >= 4 is 27.4 Å². The summed E-state index contributed by atoms with van der Waals surface area (Å²) in [5, 5.41) is 14.2. The van der Waals surface area contributed by atoms with Gasteiger partial charge in [-0.15, -0.1) is 11.3 Å². The van der Waals surface area contributed by atoms with Crippen LogP contribution in [0.3, 0.4) is 0 Å². The number of thiophene rings is 1. The summed E-state index contributed by atoms with van der Waals surface area (Å²) in [6.45, 7) is 0.288. The minimum atomic E-state index is 0.288. The van der Waals surface area contributed by atoms with Gasteiger partial charge in [-0.3, -0.25) is 0 Å². The number of fused-ring (bicyclic) bond motifs is 3. The monoisotopic (exact) mass is 317 g/mol. The number of rotatable bonds is 4. The molecule has 4 nitrogen and oxygen atoms in total. The van der Waals surface area contributed by atoms with Crippen LogP contribution in [0.1, 0.15) is 49.0 Å². The lowest BCUT2D eigenvalue weighted by Crippen LogP contribution is -2.25. The molecular weight excluding hydrogens is 294 g/mol. The first-order valence-electron chi connectivity index (χ1n) is 8.49. The number of nitrogens with one attached hydrogen (secondary N) is 1. The highest BCUT2D eigenvalue weighted by Gasteiger charge is 2.28. The van der Waals surface area contributed by atoms with Crippen molar-refractivity contribution in [2.75, 3.05) is 11.9 Å². The smallest absolute Gasteiger partial charge is 0.138 e. The summed E-state index contributed by atoms with van der Waals surface area (Å²) < 4.78 is 0. The van der Waals surface area contributed by atoms with Gasteiger partial charge in [0.1, 0.15) is 17.0 Å². The van der Waals surface area contributed by atoms with Gasteiger partial charge >= 0.3 is 0 Å². The number of aromatic nitrogens is 2. The molecule has 0 aliphatic heterocycles. The van der Waals surface area contributed by atoms with Crippen molar-refractivity contribution in [1.29, 1.82) is 0 Å². The Morgan fingerprint density at radius 3 is 3.00 bits per heavy atom. The van der Waals surface area contributed by atoms with E-state index in [4.69, 9.17) is 0 Å². The van der Waals surface area contributed by atoms with Crippen LogP contribution in [0.4, 0.5) is 5.82 Å². The standard InChI is InChI=1S/C17H23N3OS/c21-9-8-11-4-3-6-13(11)20-16-15-12-5-1-2-7-14(12)22-17(15)19-10-18-16/h10-11,13,21H,1-9H2,(H,18,19,20). The van der Waals surface area contributed by atoms with Gasteiger partial charge in [-0.05, 0) is 56.4 Å². The molecule has 2 aliphatic carbocycles. The Bertz CT molecular complexity index is 669. The fourth-order valence-corrected chi connectivity index (χ4v) is 5.34. The molecule has 0 spiro atoms. The second-order valence-electron chi connectivity index (χ2n) is 6.57. The van der Waals surface area contributed by atoms with E-state index >= 15 is 0 Å². The zero-order valence-corrected chi connectivity index (χ0v) is 13.7. The molecule has 2 aromatic heterocycles. The van der Waals surface area contributed by atoms with Crippen molar-refractivity contribution in [1.82, 2.24) is 9.97 Å². The predicted octanol–water partition coefficient (Wildman–Crippen LogP) is 3.53. The van der Waals surface area contributed by atoms with Crippen LogP contribution in [-0.4, -0.2) is 27.7 Å².